The Hall–Kier alpha value is -3.24. The number of halogens is 1. The van der Waals surface area contributed by atoms with Crippen molar-refractivity contribution in [2.24, 2.45) is 12.8 Å². The molecule has 0 aliphatic carbocycles. The number of aliphatic hydroxyl groups is 1. The number of aliphatic hydroxyl groups excluding tert-OH is 1. The summed E-state index contributed by atoms with van der Waals surface area (Å²) in [6.45, 7) is 3.18. The second kappa shape index (κ2) is 8.95. The molecule has 3 heterocycles. The van der Waals surface area contributed by atoms with E-state index in [1.807, 2.05) is 54.1 Å². The van der Waals surface area contributed by atoms with Gasteiger partial charge in [-0.2, -0.15) is 0 Å². The Balaban J connectivity index is 1.48. The number of nitrogens with one attached hydrogen (secondary N) is 1. The zero-order valence-corrected chi connectivity index (χ0v) is 18.8. The first-order chi connectivity index (χ1) is 16.0. The van der Waals surface area contributed by atoms with E-state index in [2.05, 4.69) is 25.2 Å². The van der Waals surface area contributed by atoms with Crippen molar-refractivity contribution in [3.05, 3.63) is 59.6 Å². The summed E-state index contributed by atoms with van der Waals surface area (Å²) in [5, 5.41) is 13.6. The summed E-state index contributed by atoms with van der Waals surface area (Å²) < 4.78 is 7.33. The molecule has 4 N–H and O–H groups in total. The highest BCUT2D eigenvalue weighted by atomic mass is 35.5. The highest BCUT2D eigenvalue weighted by molar-refractivity contribution is 6.32. The van der Waals surface area contributed by atoms with Crippen LogP contribution in [-0.2, 0) is 11.8 Å². The van der Waals surface area contributed by atoms with Crippen LogP contribution < -0.4 is 16.0 Å². The maximum absolute atomic E-state index is 10.2. The number of imidazole rings is 1. The standard InChI is InChI=1S/C23H24ClN7O2/c1-30-13-26-18-16(3-2-4-17(18)30)19-21(24)29-23(20(28-19)22(25)32)27-14-5-7-15(8-6-14)31-9-11-33-12-10-31/h2-8,13,22,32H,9-12,25H2,1H3,(H,27,29). The van der Waals surface area contributed by atoms with Crippen LogP contribution in [0.5, 0.6) is 0 Å². The fourth-order valence-corrected chi connectivity index (χ4v) is 4.19. The van der Waals surface area contributed by atoms with Gasteiger partial charge in [0.1, 0.15) is 17.6 Å². The van der Waals surface area contributed by atoms with Crippen molar-refractivity contribution in [3.63, 3.8) is 0 Å². The lowest BCUT2D eigenvalue weighted by molar-refractivity contribution is 0.122. The molecular formula is C23H24ClN7O2. The van der Waals surface area contributed by atoms with Gasteiger partial charge in [0.2, 0.25) is 0 Å². The SMILES string of the molecule is Cn1cnc2c(-c3nc(C(N)O)c(Nc4ccc(N5CCOCC5)cc4)nc3Cl)cccc21. The van der Waals surface area contributed by atoms with E-state index in [0.717, 1.165) is 48.7 Å². The van der Waals surface area contributed by atoms with Crippen molar-refractivity contribution in [1.29, 1.82) is 0 Å². The van der Waals surface area contributed by atoms with Gasteiger partial charge in [-0.05, 0) is 30.3 Å². The first-order valence-electron chi connectivity index (χ1n) is 10.6. The third-order valence-electron chi connectivity index (χ3n) is 5.68. The van der Waals surface area contributed by atoms with Crippen LogP contribution in [0.2, 0.25) is 5.15 Å². The maximum atomic E-state index is 10.2. The first-order valence-corrected chi connectivity index (χ1v) is 11.0. The van der Waals surface area contributed by atoms with E-state index in [9.17, 15) is 5.11 Å². The Morgan fingerprint density at radius 2 is 1.88 bits per heavy atom. The monoisotopic (exact) mass is 465 g/mol. The molecule has 2 aromatic heterocycles. The molecule has 170 valence electrons. The van der Waals surface area contributed by atoms with Crippen LogP contribution in [0, 0.1) is 0 Å². The van der Waals surface area contributed by atoms with E-state index in [4.69, 9.17) is 22.1 Å². The summed E-state index contributed by atoms with van der Waals surface area (Å²) in [4.78, 5) is 15.8. The molecule has 1 unspecified atom stereocenters. The summed E-state index contributed by atoms with van der Waals surface area (Å²) >= 11 is 6.55. The van der Waals surface area contributed by atoms with Gasteiger partial charge in [-0.25, -0.2) is 15.0 Å². The van der Waals surface area contributed by atoms with Crippen LogP contribution >= 0.6 is 11.6 Å². The van der Waals surface area contributed by atoms with Gasteiger partial charge in [0.15, 0.2) is 11.0 Å². The van der Waals surface area contributed by atoms with E-state index < -0.39 is 6.23 Å². The predicted octanol–water partition coefficient (Wildman–Crippen LogP) is 3.21. The number of aromatic nitrogens is 4. The Kier molecular flexibility index (Phi) is 5.86. The third-order valence-corrected chi connectivity index (χ3v) is 5.94. The summed E-state index contributed by atoms with van der Waals surface area (Å²) in [6, 6.07) is 13.7. The van der Waals surface area contributed by atoms with Gasteiger partial charge in [0.25, 0.3) is 0 Å². The van der Waals surface area contributed by atoms with Crippen molar-refractivity contribution < 1.29 is 9.84 Å². The molecule has 5 rings (SSSR count). The average Bonchev–Trinajstić information content (AvgIpc) is 3.21. The van der Waals surface area contributed by atoms with Gasteiger partial charge in [0, 0.05) is 37.1 Å². The zero-order chi connectivity index (χ0) is 22.9. The zero-order valence-electron chi connectivity index (χ0n) is 18.1. The minimum absolute atomic E-state index is 0.185. The predicted molar refractivity (Wildman–Crippen MR) is 129 cm³/mol. The number of morpholine rings is 1. The lowest BCUT2D eigenvalue weighted by atomic mass is 10.1. The second-order valence-electron chi connectivity index (χ2n) is 7.84. The molecule has 0 bridgehead atoms. The Bertz CT molecular complexity index is 1280. The van der Waals surface area contributed by atoms with E-state index in [-0.39, 0.29) is 10.8 Å². The topological polar surface area (TPSA) is 114 Å². The number of nitrogens with zero attached hydrogens (tertiary/aromatic N) is 5. The van der Waals surface area contributed by atoms with Gasteiger partial charge in [0.05, 0.1) is 30.6 Å². The highest BCUT2D eigenvalue weighted by Gasteiger charge is 2.20. The number of ether oxygens (including phenoxy) is 1. The molecule has 1 atom stereocenters. The van der Waals surface area contributed by atoms with Crippen molar-refractivity contribution in [3.8, 4) is 11.3 Å². The number of anilines is 3. The van der Waals surface area contributed by atoms with Crippen LogP contribution in [0.1, 0.15) is 11.9 Å². The molecule has 1 aliphatic heterocycles. The summed E-state index contributed by atoms with van der Waals surface area (Å²) in [6.07, 6.45) is 0.386. The van der Waals surface area contributed by atoms with Crippen LogP contribution in [0.15, 0.2) is 48.8 Å². The van der Waals surface area contributed by atoms with Gasteiger partial charge in [-0.15, -0.1) is 0 Å². The number of rotatable bonds is 5. The van der Waals surface area contributed by atoms with E-state index >= 15 is 0 Å². The second-order valence-corrected chi connectivity index (χ2v) is 8.20. The van der Waals surface area contributed by atoms with Gasteiger partial charge in [-0.1, -0.05) is 23.7 Å². The molecule has 9 nitrogen and oxygen atoms in total. The molecule has 1 aliphatic rings. The van der Waals surface area contributed by atoms with Crippen LogP contribution in [0.4, 0.5) is 17.2 Å². The molecule has 1 fully saturated rings. The quantitative estimate of drug-likeness (QED) is 0.385. The Labute approximate surface area is 195 Å². The molecule has 0 amide bonds. The summed E-state index contributed by atoms with van der Waals surface area (Å²) in [5.74, 6) is 0.297. The van der Waals surface area contributed by atoms with Crippen molar-refractivity contribution in [1.82, 2.24) is 19.5 Å². The van der Waals surface area contributed by atoms with Crippen molar-refractivity contribution in [2.45, 2.75) is 6.23 Å². The van der Waals surface area contributed by atoms with Crippen molar-refractivity contribution in [2.75, 3.05) is 36.5 Å². The molecule has 0 radical (unpaired) electrons. The van der Waals surface area contributed by atoms with Crippen molar-refractivity contribution >= 4 is 39.8 Å². The molecule has 4 aromatic rings. The molecule has 0 spiro atoms. The van der Waals surface area contributed by atoms with E-state index in [1.54, 1.807) is 6.33 Å². The fraction of sp³-hybridized carbons (Fsp3) is 0.261. The largest absolute Gasteiger partial charge is 0.378 e. The molecule has 10 heteroatoms. The fourth-order valence-electron chi connectivity index (χ4n) is 3.96. The maximum Gasteiger partial charge on any atom is 0.158 e. The summed E-state index contributed by atoms with van der Waals surface area (Å²) in [5.41, 5.74) is 10.7. The Morgan fingerprint density at radius 1 is 1.12 bits per heavy atom. The number of aryl methyl sites for hydroxylation is 1. The minimum atomic E-state index is -1.34. The van der Waals surface area contributed by atoms with Gasteiger partial charge < -0.3 is 30.4 Å². The highest BCUT2D eigenvalue weighted by Crippen LogP contribution is 2.34. The summed E-state index contributed by atoms with van der Waals surface area (Å²) in [7, 11) is 1.92. The number of benzene rings is 2. The van der Waals surface area contributed by atoms with E-state index in [1.165, 1.54) is 0 Å². The molecule has 2 aromatic carbocycles. The number of hydrogen-bond acceptors (Lipinski definition) is 8. The van der Waals surface area contributed by atoms with Crippen LogP contribution in [0.25, 0.3) is 22.3 Å². The van der Waals surface area contributed by atoms with E-state index in [0.29, 0.717) is 17.1 Å². The molecule has 33 heavy (non-hydrogen) atoms. The Morgan fingerprint density at radius 3 is 2.61 bits per heavy atom. The van der Waals surface area contributed by atoms with Crippen LogP contribution in [0.3, 0.4) is 0 Å². The molecule has 1 saturated heterocycles. The van der Waals surface area contributed by atoms with Crippen LogP contribution in [-0.4, -0.2) is 50.9 Å². The smallest absolute Gasteiger partial charge is 0.158 e. The van der Waals surface area contributed by atoms with Gasteiger partial charge >= 0.3 is 0 Å². The lowest BCUT2D eigenvalue weighted by Gasteiger charge is -2.29. The third kappa shape index (κ3) is 4.23. The minimum Gasteiger partial charge on any atom is -0.378 e. The average molecular weight is 466 g/mol. The number of para-hydroxylation sites is 1. The molecular weight excluding hydrogens is 442 g/mol. The molecule has 0 saturated carbocycles. The number of hydrogen-bond donors (Lipinski definition) is 3. The first kappa shape index (κ1) is 21.6. The lowest BCUT2D eigenvalue weighted by Crippen LogP contribution is -2.36. The van der Waals surface area contributed by atoms with Gasteiger partial charge in [-0.3, -0.25) is 0 Å². The normalized spacial score (nSPS) is 15.1. The number of fused-ring (bicyclic) bond motifs is 1. The number of nitrogens with two attached hydrogens (primary N) is 1.